The number of methoxy groups -OCH3 is 1. The van der Waals surface area contributed by atoms with Crippen LogP contribution in [0.5, 0.6) is 10.9 Å². The topological polar surface area (TPSA) is 108 Å². The van der Waals surface area contributed by atoms with Gasteiger partial charge in [-0.1, -0.05) is 16.7 Å². The molecule has 2 aliphatic rings. The van der Waals surface area contributed by atoms with Gasteiger partial charge in [-0.3, -0.25) is 15.1 Å². The molecule has 1 N–H and O–H groups in total. The van der Waals surface area contributed by atoms with Crippen LogP contribution >= 0.6 is 22.9 Å². The Morgan fingerprint density at radius 1 is 1.30 bits per heavy atom. The predicted molar refractivity (Wildman–Crippen MR) is 119 cm³/mol. The molecule has 2 saturated heterocycles. The van der Waals surface area contributed by atoms with E-state index < -0.39 is 11.7 Å². The molecule has 3 aromatic rings. The summed E-state index contributed by atoms with van der Waals surface area (Å²) in [4.78, 5) is 21.0. The maximum Gasteiger partial charge on any atom is 0.296 e. The largest absolute Gasteiger partial charge is 0.494 e. The van der Waals surface area contributed by atoms with Gasteiger partial charge in [-0.2, -0.15) is 0 Å². The van der Waals surface area contributed by atoms with Crippen LogP contribution in [-0.4, -0.2) is 51.5 Å². The number of aryl methyl sites for hydroxylation is 1. The van der Waals surface area contributed by atoms with Gasteiger partial charge < -0.3 is 14.2 Å². The Hall–Kier alpha value is -2.89. The number of pyridine rings is 2. The van der Waals surface area contributed by atoms with E-state index in [1.165, 1.54) is 19.5 Å². The van der Waals surface area contributed by atoms with E-state index in [1.807, 2.05) is 0 Å². The van der Waals surface area contributed by atoms with Gasteiger partial charge >= 0.3 is 0 Å². The fraction of sp³-hybridized carbons (Fsp3) is 0.381. The van der Waals surface area contributed by atoms with Crippen LogP contribution < -0.4 is 14.8 Å². The van der Waals surface area contributed by atoms with Crippen molar-refractivity contribution in [3.8, 4) is 22.1 Å². The number of ether oxygens (including phenoxy) is 3. The summed E-state index contributed by atoms with van der Waals surface area (Å²) in [5.74, 6) is -1.20. The highest BCUT2D eigenvalue weighted by atomic mass is 35.5. The molecule has 172 valence electrons. The Morgan fingerprint density at radius 3 is 2.88 bits per heavy atom. The molecule has 0 spiro atoms. The average molecular weight is 492 g/mol. The number of nitrogens with one attached hydrogen (secondary N) is 1. The first-order valence-corrected chi connectivity index (χ1v) is 11.4. The van der Waals surface area contributed by atoms with Crippen LogP contribution in [0.1, 0.15) is 35.3 Å². The average Bonchev–Trinajstić information content (AvgIpc) is 3.53. The van der Waals surface area contributed by atoms with Crippen LogP contribution in [0.3, 0.4) is 0 Å². The molecule has 12 heteroatoms. The summed E-state index contributed by atoms with van der Waals surface area (Å²) in [5.41, 5.74) is 0.972. The van der Waals surface area contributed by atoms with E-state index in [-0.39, 0.29) is 51.0 Å². The van der Waals surface area contributed by atoms with Gasteiger partial charge in [0.15, 0.2) is 11.0 Å². The predicted octanol–water partition coefficient (Wildman–Crippen LogP) is 4.06. The second-order valence-corrected chi connectivity index (χ2v) is 9.07. The van der Waals surface area contributed by atoms with Crippen molar-refractivity contribution in [3.05, 3.63) is 40.7 Å². The highest BCUT2D eigenvalue weighted by Crippen LogP contribution is 2.39. The van der Waals surface area contributed by atoms with E-state index in [1.54, 1.807) is 13.0 Å². The summed E-state index contributed by atoms with van der Waals surface area (Å²) < 4.78 is 31.9. The summed E-state index contributed by atoms with van der Waals surface area (Å²) in [6.07, 6.45) is 5.79. The molecule has 0 radical (unpaired) electrons. The molecule has 0 aliphatic carbocycles. The third kappa shape index (κ3) is 4.23. The van der Waals surface area contributed by atoms with Crippen molar-refractivity contribution in [2.75, 3.05) is 12.4 Å². The Morgan fingerprint density at radius 2 is 2.15 bits per heavy atom. The standard InChI is InChI=1S/C21H19ClFN5O4S/c1-9-5-11(16-15(30-2)8-25-18(22)17(16)23)12(7-24-9)19(29)26-20-27-28-21(33-20)32-14-6-10-3-4-13(14)31-10/h5,7-8,10,13-14H,3-4,6H2,1-2H3,(H,26,27,29)/t10-,13+,14-/m0/s1. The minimum atomic E-state index is -0.796. The van der Waals surface area contributed by atoms with Gasteiger partial charge in [-0.25, -0.2) is 9.37 Å². The highest BCUT2D eigenvalue weighted by Gasteiger charge is 2.42. The number of rotatable bonds is 6. The summed E-state index contributed by atoms with van der Waals surface area (Å²) in [5, 5.41) is 10.9. The Labute approximate surface area is 197 Å². The first-order valence-electron chi connectivity index (χ1n) is 10.2. The molecule has 3 atom stereocenters. The van der Waals surface area contributed by atoms with Crippen LogP contribution in [-0.2, 0) is 4.74 Å². The highest BCUT2D eigenvalue weighted by molar-refractivity contribution is 7.17. The quantitative estimate of drug-likeness (QED) is 0.514. The molecule has 1 amide bonds. The molecule has 0 unspecified atom stereocenters. The maximum absolute atomic E-state index is 14.9. The number of amides is 1. The van der Waals surface area contributed by atoms with Crippen molar-refractivity contribution in [1.82, 2.24) is 20.2 Å². The lowest BCUT2D eigenvalue weighted by Gasteiger charge is -2.17. The van der Waals surface area contributed by atoms with Crippen molar-refractivity contribution < 1.29 is 23.4 Å². The van der Waals surface area contributed by atoms with E-state index in [2.05, 4.69) is 25.5 Å². The zero-order chi connectivity index (χ0) is 23.1. The van der Waals surface area contributed by atoms with Crippen LogP contribution in [0.2, 0.25) is 5.15 Å². The van der Waals surface area contributed by atoms with Crippen molar-refractivity contribution in [2.24, 2.45) is 0 Å². The Balaban J connectivity index is 1.39. The summed E-state index contributed by atoms with van der Waals surface area (Å²) in [6, 6.07) is 1.58. The summed E-state index contributed by atoms with van der Waals surface area (Å²) in [7, 11) is 1.38. The number of halogens is 2. The smallest absolute Gasteiger partial charge is 0.296 e. The van der Waals surface area contributed by atoms with E-state index >= 15 is 0 Å². The molecule has 33 heavy (non-hydrogen) atoms. The van der Waals surface area contributed by atoms with Gasteiger partial charge in [0.1, 0.15) is 11.9 Å². The third-order valence-electron chi connectivity index (χ3n) is 5.65. The van der Waals surface area contributed by atoms with Gasteiger partial charge in [0.05, 0.1) is 36.6 Å². The zero-order valence-corrected chi connectivity index (χ0v) is 19.2. The van der Waals surface area contributed by atoms with Crippen molar-refractivity contribution in [1.29, 1.82) is 0 Å². The SMILES string of the molecule is COc1cnc(Cl)c(F)c1-c1cc(C)ncc1C(=O)Nc1nnc(O[C@H]2C[C@@H]3CC[C@H]2O3)s1. The van der Waals surface area contributed by atoms with Crippen LogP contribution in [0.25, 0.3) is 11.1 Å². The first-order chi connectivity index (χ1) is 15.9. The number of hydrogen-bond acceptors (Lipinski definition) is 9. The Kier molecular flexibility index (Phi) is 5.85. The second kappa shape index (κ2) is 8.81. The van der Waals surface area contributed by atoms with Gasteiger partial charge in [0.25, 0.3) is 11.1 Å². The lowest BCUT2D eigenvalue weighted by Crippen LogP contribution is -2.28. The lowest BCUT2D eigenvalue weighted by atomic mass is 9.98. The minimum absolute atomic E-state index is 0.0192. The number of aromatic nitrogens is 4. The Bertz CT molecular complexity index is 1230. The number of fused-ring (bicyclic) bond motifs is 2. The van der Waals surface area contributed by atoms with Gasteiger partial charge in [0.2, 0.25) is 5.13 Å². The molecule has 2 bridgehead atoms. The fourth-order valence-electron chi connectivity index (χ4n) is 4.12. The van der Waals surface area contributed by atoms with Gasteiger partial charge in [0, 0.05) is 23.9 Å². The van der Waals surface area contributed by atoms with Crippen molar-refractivity contribution in [2.45, 2.75) is 44.5 Å². The molecule has 2 fully saturated rings. The lowest BCUT2D eigenvalue weighted by molar-refractivity contribution is 0.0636. The van der Waals surface area contributed by atoms with Crippen molar-refractivity contribution in [3.63, 3.8) is 0 Å². The maximum atomic E-state index is 14.9. The number of carbonyl (C=O) groups is 1. The zero-order valence-electron chi connectivity index (χ0n) is 17.7. The monoisotopic (exact) mass is 491 g/mol. The van der Waals surface area contributed by atoms with E-state index in [9.17, 15) is 9.18 Å². The van der Waals surface area contributed by atoms with E-state index in [4.69, 9.17) is 25.8 Å². The minimum Gasteiger partial charge on any atom is -0.494 e. The molecule has 9 nitrogen and oxygen atoms in total. The normalized spacial score (nSPS) is 21.3. The molecule has 5 heterocycles. The fourth-order valence-corrected chi connectivity index (χ4v) is 4.91. The molecular formula is C21H19ClFN5O4S. The van der Waals surface area contributed by atoms with Crippen LogP contribution in [0.15, 0.2) is 18.5 Å². The molecule has 3 aromatic heterocycles. The third-order valence-corrected chi connectivity index (χ3v) is 6.64. The van der Waals surface area contributed by atoms with Crippen LogP contribution in [0.4, 0.5) is 9.52 Å². The number of hydrogen-bond donors (Lipinski definition) is 1. The van der Waals surface area contributed by atoms with Crippen molar-refractivity contribution >= 4 is 34.0 Å². The van der Waals surface area contributed by atoms with Gasteiger partial charge in [-0.15, -0.1) is 5.10 Å². The molecule has 0 saturated carbocycles. The molecule has 0 aromatic carbocycles. The van der Waals surface area contributed by atoms with E-state index in [0.717, 1.165) is 30.6 Å². The summed E-state index contributed by atoms with van der Waals surface area (Å²) in [6.45, 7) is 1.73. The molecule has 5 rings (SSSR count). The number of carbonyl (C=O) groups excluding carboxylic acids is 1. The van der Waals surface area contributed by atoms with Crippen LogP contribution in [0, 0.1) is 12.7 Å². The number of nitrogens with zero attached hydrogens (tertiary/aromatic N) is 4. The molecular weight excluding hydrogens is 473 g/mol. The molecule has 2 aliphatic heterocycles. The van der Waals surface area contributed by atoms with Gasteiger partial charge in [-0.05, 0) is 37.2 Å². The first kappa shape index (κ1) is 21.9. The summed E-state index contributed by atoms with van der Waals surface area (Å²) >= 11 is 7.00. The second-order valence-electron chi connectivity index (χ2n) is 7.77. The number of anilines is 1. The van der Waals surface area contributed by atoms with E-state index in [0.29, 0.717) is 10.9 Å².